The maximum atomic E-state index is 11.3. The van der Waals surface area contributed by atoms with Crippen molar-refractivity contribution in [2.75, 3.05) is 6.54 Å². The molecule has 0 aliphatic carbocycles. The molecule has 1 atom stereocenters. The predicted molar refractivity (Wildman–Crippen MR) is 66.6 cm³/mol. The van der Waals surface area contributed by atoms with Crippen LogP contribution in [0.15, 0.2) is 0 Å². The summed E-state index contributed by atoms with van der Waals surface area (Å²) in [5.41, 5.74) is 0. The van der Waals surface area contributed by atoms with Crippen molar-refractivity contribution < 1.29 is 4.79 Å². The van der Waals surface area contributed by atoms with Crippen molar-refractivity contribution in [1.82, 2.24) is 5.32 Å². The number of alkyl halides is 3. The SMILES string of the molecule is CCCC[C@@H](CC)CNC(=O)C(Cl)(Cl)Cl. The maximum absolute atomic E-state index is 11.3. The van der Waals surface area contributed by atoms with Gasteiger partial charge in [-0.25, -0.2) is 0 Å². The van der Waals surface area contributed by atoms with Crippen molar-refractivity contribution >= 4 is 40.7 Å². The average Bonchev–Trinajstić information content (AvgIpc) is 2.16. The van der Waals surface area contributed by atoms with Gasteiger partial charge in [0.15, 0.2) is 0 Å². The molecule has 0 aromatic rings. The first-order valence-electron chi connectivity index (χ1n) is 5.26. The number of hydrogen-bond acceptors (Lipinski definition) is 1. The van der Waals surface area contributed by atoms with Gasteiger partial charge in [0.25, 0.3) is 9.70 Å². The number of hydrogen-bond donors (Lipinski definition) is 1. The van der Waals surface area contributed by atoms with Crippen molar-refractivity contribution in [3.63, 3.8) is 0 Å². The molecule has 1 amide bonds. The molecule has 0 saturated heterocycles. The van der Waals surface area contributed by atoms with Gasteiger partial charge in [0.2, 0.25) is 0 Å². The molecule has 0 saturated carbocycles. The van der Waals surface area contributed by atoms with Gasteiger partial charge in [-0.15, -0.1) is 0 Å². The minimum Gasteiger partial charge on any atom is -0.352 e. The zero-order valence-corrected chi connectivity index (χ0v) is 11.4. The Labute approximate surface area is 107 Å². The predicted octanol–water partition coefficient (Wildman–Crippen LogP) is 3.69. The molecule has 0 fully saturated rings. The van der Waals surface area contributed by atoms with Crippen LogP contribution in [0.2, 0.25) is 0 Å². The highest BCUT2D eigenvalue weighted by atomic mass is 35.6. The Balaban J connectivity index is 3.85. The fraction of sp³-hybridized carbons (Fsp3) is 0.900. The highest BCUT2D eigenvalue weighted by Gasteiger charge is 2.30. The summed E-state index contributed by atoms with van der Waals surface area (Å²) in [7, 11) is 0. The lowest BCUT2D eigenvalue weighted by Crippen LogP contribution is -2.37. The average molecular weight is 275 g/mol. The Kier molecular flexibility index (Phi) is 7.76. The second-order valence-electron chi connectivity index (χ2n) is 3.62. The molecule has 0 radical (unpaired) electrons. The minimum absolute atomic E-state index is 0.473. The third-order valence-corrected chi connectivity index (χ3v) is 2.87. The van der Waals surface area contributed by atoms with Crippen molar-refractivity contribution in [3.05, 3.63) is 0 Å². The molecule has 15 heavy (non-hydrogen) atoms. The van der Waals surface area contributed by atoms with E-state index in [4.69, 9.17) is 34.8 Å². The Morgan fingerprint density at radius 2 is 1.93 bits per heavy atom. The molecule has 1 N–H and O–H groups in total. The largest absolute Gasteiger partial charge is 0.352 e. The fourth-order valence-electron chi connectivity index (χ4n) is 1.28. The second kappa shape index (κ2) is 7.59. The molecular formula is C10H18Cl3NO. The van der Waals surface area contributed by atoms with Crippen LogP contribution in [0, 0.1) is 5.92 Å². The third-order valence-electron chi connectivity index (χ3n) is 2.35. The van der Waals surface area contributed by atoms with Crippen molar-refractivity contribution in [2.24, 2.45) is 5.92 Å². The van der Waals surface area contributed by atoms with Crippen LogP contribution in [-0.4, -0.2) is 16.2 Å². The summed E-state index contributed by atoms with van der Waals surface area (Å²) in [6.45, 7) is 4.83. The van der Waals surface area contributed by atoms with E-state index in [1.807, 2.05) is 0 Å². The summed E-state index contributed by atoms with van der Waals surface area (Å²) in [5.74, 6) is -0.0660. The molecule has 0 aliphatic rings. The molecule has 0 aromatic heterocycles. The lowest BCUT2D eigenvalue weighted by molar-refractivity contribution is -0.120. The summed E-state index contributed by atoms with van der Waals surface area (Å²) in [6.07, 6.45) is 4.46. The molecule has 5 heteroatoms. The van der Waals surface area contributed by atoms with E-state index in [9.17, 15) is 4.79 Å². The summed E-state index contributed by atoms with van der Waals surface area (Å²) in [4.78, 5) is 11.3. The number of rotatable bonds is 6. The van der Waals surface area contributed by atoms with Crippen LogP contribution >= 0.6 is 34.8 Å². The Morgan fingerprint density at radius 1 is 1.33 bits per heavy atom. The monoisotopic (exact) mass is 273 g/mol. The van der Waals surface area contributed by atoms with Crippen LogP contribution in [0.4, 0.5) is 0 Å². The normalized spacial score (nSPS) is 13.7. The van der Waals surface area contributed by atoms with Crippen LogP contribution in [0.1, 0.15) is 39.5 Å². The standard InChI is InChI=1S/C10H18Cl3NO/c1-3-5-6-8(4-2)7-14-9(15)10(11,12)13/h8H,3-7H2,1-2H3,(H,14,15)/t8-/m1/s1. The first kappa shape index (κ1) is 15.3. The van der Waals surface area contributed by atoms with Gasteiger partial charge in [0.1, 0.15) is 0 Å². The number of amides is 1. The van der Waals surface area contributed by atoms with Gasteiger partial charge in [0.05, 0.1) is 0 Å². The quantitative estimate of drug-likeness (QED) is 0.735. The fourth-order valence-corrected chi connectivity index (χ4v) is 1.48. The van der Waals surface area contributed by atoms with Gasteiger partial charge in [-0.05, 0) is 12.3 Å². The molecule has 0 aliphatic heterocycles. The first-order valence-corrected chi connectivity index (χ1v) is 6.40. The molecular weight excluding hydrogens is 256 g/mol. The molecule has 2 nitrogen and oxygen atoms in total. The third kappa shape index (κ3) is 7.26. The lowest BCUT2D eigenvalue weighted by Gasteiger charge is -2.17. The molecule has 0 aromatic carbocycles. The zero-order valence-electron chi connectivity index (χ0n) is 9.16. The van der Waals surface area contributed by atoms with E-state index in [0.717, 1.165) is 19.3 Å². The Morgan fingerprint density at radius 3 is 2.33 bits per heavy atom. The van der Waals surface area contributed by atoms with Crippen LogP contribution in [0.5, 0.6) is 0 Å². The van der Waals surface area contributed by atoms with E-state index in [-0.39, 0.29) is 0 Å². The highest BCUT2D eigenvalue weighted by molar-refractivity contribution is 6.76. The van der Waals surface area contributed by atoms with Crippen molar-refractivity contribution in [2.45, 2.75) is 43.3 Å². The van der Waals surface area contributed by atoms with Crippen LogP contribution in [-0.2, 0) is 4.79 Å². The van der Waals surface area contributed by atoms with E-state index in [0.29, 0.717) is 12.5 Å². The topological polar surface area (TPSA) is 29.1 Å². The molecule has 0 bridgehead atoms. The minimum atomic E-state index is -1.84. The molecule has 0 spiro atoms. The number of carbonyl (C=O) groups is 1. The number of unbranched alkanes of at least 4 members (excludes halogenated alkanes) is 1. The van der Waals surface area contributed by atoms with E-state index < -0.39 is 9.70 Å². The summed E-state index contributed by atoms with van der Waals surface area (Å²) in [6, 6.07) is 0. The molecule has 0 unspecified atom stereocenters. The number of halogens is 3. The first-order chi connectivity index (χ1) is 6.91. The molecule has 90 valence electrons. The van der Waals surface area contributed by atoms with Gasteiger partial charge in [0, 0.05) is 6.54 Å². The number of nitrogens with one attached hydrogen (secondary N) is 1. The van der Waals surface area contributed by atoms with E-state index in [2.05, 4.69) is 19.2 Å². The summed E-state index contributed by atoms with van der Waals surface area (Å²) in [5, 5.41) is 2.65. The van der Waals surface area contributed by atoms with E-state index in [1.54, 1.807) is 0 Å². The summed E-state index contributed by atoms with van der Waals surface area (Å²) >= 11 is 16.3. The lowest BCUT2D eigenvalue weighted by atomic mass is 9.99. The Bertz CT molecular complexity index is 192. The van der Waals surface area contributed by atoms with Gasteiger partial charge in [-0.2, -0.15) is 0 Å². The van der Waals surface area contributed by atoms with Gasteiger partial charge in [-0.1, -0.05) is 67.9 Å². The highest BCUT2D eigenvalue weighted by Crippen LogP contribution is 2.26. The Hall–Kier alpha value is 0.340. The van der Waals surface area contributed by atoms with Gasteiger partial charge < -0.3 is 5.32 Å². The van der Waals surface area contributed by atoms with Gasteiger partial charge >= 0.3 is 0 Å². The van der Waals surface area contributed by atoms with Crippen LogP contribution < -0.4 is 5.32 Å². The smallest absolute Gasteiger partial charge is 0.272 e. The van der Waals surface area contributed by atoms with Crippen molar-refractivity contribution in [3.8, 4) is 0 Å². The summed E-state index contributed by atoms with van der Waals surface area (Å²) < 4.78 is -1.84. The number of carbonyl (C=O) groups excluding carboxylic acids is 1. The van der Waals surface area contributed by atoms with Gasteiger partial charge in [-0.3, -0.25) is 4.79 Å². The zero-order chi connectivity index (χ0) is 11.9. The molecule has 0 heterocycles. The van der Waals surface area contributed by atoms with Crippen LogP contribution in [0.3, 0.4) is 0 Å². The van der Waals surface area contributed by atoms with E-state index >= 15 is 0 Å². The van der Waals surface area contributed by atoms with Crippen LogP contribution in [0.25, 0.3) is 0 Å². The van der Waals surface area contributed by atoms with E-state index in [1.165, 1.54) is 6.42 Å². The maximum Gasteiger partial charge on any atom is 0.272 e. The second-order valence-corrected chi connectivity index (χ2v) is 5.91. The molecule has 0 rings (SSSR count). The van der Waals surface area contributed by atoms with Crippen molar-refractivity contribution in [1.29, 1.82) is 0 Å².